The SMILES string of the molecule is C[N@@+]12C[C@@H](O)C[C@]1(c1ccc(C#N)cc1)C(O)=C(c1ccccc1)C2=O. The molecule has 2 aliphatic heterocycles. The van der Waals surface area contributed by atoms with Crippen LogP contribution < -0.4 is 0 Å². The molecule has 0 aliphatic carbocycles. The molecule has 2 aromatic rings. The van der Waals surface area contributed by atoms with Gasteiger partial charge in [-0.2, -0.15) is 5.26 Å². The maximum Gasteiger partial charge on any atom is 0.351 e. The molecule has 2 heterocycles. The summed E-state index contributed by atoms with van der Waals surface area (Å²) in [7, 11) is 1.77. The van der Waals surface area contributed by atoms with Crippen molar-refractivity contribution in [1.29, 1.82) is 5.26 Å². The molecule has 4 rings (SSSR count). The van der Waals surface area contributed by atoms with Gasteiger partial charge in [0.15, 0.2) is 11.3 Å². The Balaban J connectivity index is 1.98. The number of fused-ring (bicyclic) bond motifs is 1. The number of rotatable bonds is 2. The third kappa shape index (κ3) is 1.94. The highest BCUT2D eigenvalue weighted by Gasteiger charge is 2.69. The van der Waals surface area contributed by atoms with Crippen molar-refractivity contribution in [2.24, 2.45) is 0 Å². The molecule has 1 saturated heterocycles. The molecule has 0 bridgehead atoms. The Bertz CT molecular complexity index is 959. The van der Waals surface area contributed by atoms with Gasteiger partial charge in [0.05, 0.1) is 18.7 Å². The standard InChI is InChI=1S/C21H18N2O3/c1-23-13-17(24)11-21(23,16-9-7-14(12-22)8-10-16)19(25)18(20(23)26)15-5-3-2-4-6-15/h2-10,17,24H,11,13H2,1H3/p+1/t17-,21-,23-/m0/s1. The maximum absolute atomic E-state index is 13.4. The normalized spacial score (nSPS) is 30.3. The third-order valence-electron chi connectivity index (χ3n) is 5.79. The van der Waals surface area contributed by atoms with Gasteiger partial charge in [0.25, 0.3) is 0 Å². The average molecular weight is 347 g/mol. The van der Waals surface area contributed by atoms with Crippen LogP contribution in [-0.4, -0.2) is 40.3 Å². The summed E-state index contributed by atoms with van der Waals surface area (Å²) in [4.78, 5) is 13.4. The van der Waals surface area contributed by atoms with Gasteiger partial charge in [-0.3, -0.25) is 0 Å². The number of carbonyl (C=O) groups excluding carboxylic acids is 1. The second kappa shape index (κ2) is 5.53. The van der Waals surface area contributed by atoms with E-state index in [1.54, 1.807) is 43.4 Å². The molecule has 0 unspecified atom stereocenters. The first kappa shape index (κ1) is 16.5. The van der Waals surface area contributed by atoms with E-state index in [1.165, 1.54) is 0 Å². The number of carbonyl (C=O) groups is 1. The summed E-state index contributed by atoms with van der Waals surface area (Å²) in [5.41, 5.74) is 1.19. The lowest BCUT2D eigenvalue weighted by Gasteiger charge is -2.38. The molecule has 2 aliphatic rings. The van der Waals surface area contributed by atoms with E-state index in [9.17, 15) is 15.0 Å². The first-order valence-electron chi connectivity index (χ1n) is 8.52. The van der Waals surface area contributed by atoms with Gasteiger partial charge in [-0.05, 0) is 17.7 Å². The number of hydrogen-bond acceptors (Lipinski definition) is 4. The second-order valence-corrected chi connectivity index (χ2v) is 7.18. The summed E-state index contributed by atoms with van der Waals surface area (Å²) in [5.74, 6) is -0.202. The van der Waals surface area contributed by atoms with Crippen LogP contribution in [0.3, 0.4) is 0 Å². The van der Waals surface area contributed by atoms with Gasteiger partial charge in [0.2, 0.25) is 0 Å². The predicted octanol–water partition coefficient (Wildman–Crippen LogP) is 2.47. The van der Waals surface area contributed by atoms with Crippen LogP contribution in [0.25, 0.3) is 5.57 Å². The fourth-order valence-electron chi connectivity index (χ4n) is 4.55. The van der Waals surface area contributed by atoms with Crippen molar-refractivity contribution in [2.75, 3.05) is 13.6 Å². The Morgan fingerprint density at radius 1 is 1.15 bits per heavy atom. The molecular weight excluding hydrogens is 328 g/mol. The van der Waals surface area contributed by atoms with E-state index in [2.05, 4.69) is 6.07 Å². The van der Waals surface area contributed by atoms with Gasteiger partial charge in [-0.1, -0.05) is 42.5 Å². The van der Waals surface area contributed by atoms with Crippen LogP contribution in [0.1, 0.15) is 23.1 Å². The monoisotopic (exact) mass is 347 g/mol. The van der Waals surface area contributed by atoms with Gasteiger partial charge in [-0.15, -0.1) is 0 Å². The Morgan fingerprint density at radius 2 is 1.81 bits per heavy atom. The third-order valence-corrected chi connectivity index (χ3v) is 5.79. The summed E-state index contributed by atoms with van der Waals surface area (Å²) in [5, 5.41) is 30.7. The van der Waals surface area contributed by atoms with E-state index in [4.69, 9.17) is 5.26 Å². The number of nitrogens with zero attached hydrogens (tertiary/aromatic N) is 2. The second-order valence-electron chi connectivity index (χ2n) is 7.18. The van der Waals surface area contributed by atoms with E-state index in [0.717, 1.165) is 5.56 Å². The molecule has 1 fully saturated rings. The summed E-state index contributed by atoms with van der Waals surface area (Å²) in [6.07, 6.45) is -0.442. The Kier molecular flexibility index (Phi) is 3.52. The molecule has 3 atom stereocenters. The number of amides is 1. The zero-order valence-corrected chi connectivity index (χ0v) is 14.4. The molecule has 0 spiro atoms. The van der Waals surface area contributed by atoms with Crippen molar-refractivity contribution < 1.29 is 19.5 Å². The molecule has 0 saturated carbocycles. The van der Waals surface area contributed by atoms with E-state index < -0.39 is 11.6 Å². The van der Waals surface area contributed by atoms with E-state index in [1.807, 2.05) is 18.2 Å². The molecular formula is C21H19N2O3+. The number of nitriles is 1. The fraction of sp³-hybridized carbons (Fsp3) is 0.238. The molecule has 26 heavy (non-hydrogen) atoms. The molecule has 2 N–H and O–H groups in total. The van der Waals surface area contributed by atoms with Crippen molar-refractivity contribution in [3.05, 3.63) is 77.0 Å². The molecule has 0 aromatic heterocycles. The smallest absolute Gasteiger partial charge is 0.351 e. The molecule has 0 radical (unpaired) electrons. The van der Waals surface area contributed by atoms with Gasteiger partial charge in [0.1, 0.15) is 18.2 Å². The number of aliphatic hydroxyl groups excluding tert-OH is 2. The van der Waals surface area contributed by atoms with Crippen molar-refractivity contribution in [2.45, 2.75) is 18.1 Å². The average Bonchev–Trinajstić information content (AvgIpc) is 3.02. The summed E-state index contributed by atoms with van der Waals surface area (Å²) in [6.45, 7) is 0.235. The Labute approximate surface area is 151 Å². The lowest BCUT2D eigenvalue weighted by atomic mass is 9.83. The molecule has 130 valence electrons. The number of quaternary nitrogens is 1. The number of hydrogen-bond donors (Lipinski definition) is 2. The minimum absolute atomic E-state index is 0.00235. The van der Waals surface area contributed by atoms with Crippen LogP contribution >= 0.6 is 0 Å². The Morgan fingerprint density at radius 3 is 2.42 bits per heavy atom. The van der Waals surface area contributed by atoms with E-state index in [-0.39, 0.29) is 29.1 Å². The highest BCUT2D eigenvalue weighted by Crippen LogP contribution is 2.56. The van der Waals surface area contributed by atoms with Crippen molar-refractivity contribution in [3.8, 4) is 6.07 Å². The lowest BCUT2D eigenvalue weighted by molar-refractivity contribution is -0.872. The highest BCUT2D eigenvalue weighted by atomic mass is 16.3. The number of likely N-dealkylation sites (N-methyl/N-ethyl adjacent to an activating group) is 1. The zero-order valence-electron chi connectivity index (χ0n) is 14.4. The van der Waals surface area contributed by atoms with Crippen LogP contribution in [0, 0.1) is 11.3 Å². The predicted molar refractivity (Wildman–Crippen MR) is 95.5 cm³/mol. The summed E-state index contributed by atoms with van der Waals surface area (Å²) < 4.78 is -0.101. The maximum atomic E-state index is 13.4. The highest BCUT2D eigenvalue weighted by molar-refractivity contribution is 6.19. The van der Waals surface area contributed by atoms with Crippen LogP contribution in [0.15, 0.2) is 60.4 Å². The van der Waals surface area contributed by atoms with Crippen molar-refractivity contribution in [3.63, 3.8) is 0 Å². The minimum atomic E-state index is -1.03. The number of benzene rings is 2. The van der Waals surface area contributed by atoms with E-state index >= 15 is 0 Å². The largest absolute Gasteiger partial charge is 0.505 e. The molecule has 5 nitrogen and oxygen atoms in total. The first-order chi connectivity index (χ1) is 12.4. The fourth-order valence-corrected chi connectivity index (χ4v) is 4.55. The molecule has 1 amide bonds. The zero-order chi connectivity index (χ0) is 18.5. The van der Waals surface area contributed by atoms with Gasteiger partial charge in [-0.25, -0.2) is 9.28 Å². The summed E-state index contributed by atoms with van der Waals surface area (Å²) >= 11 is 0. The molecule has 2 aromatic carbocycles. The summed E-state index contributed by atoms with van der Waals surface area (Å²) in [6, 6.07) is 18.1. The van der Waals surface area contributed by atoms with Crippen LogP contribution in [0.4, 0.5) is 0 Å². The van der Waals surface area contributed by atoms with Crippen molar-refractivity contribution >= 4 is 11.5 Å². The van der Waals surface area contributed by atoms with E-state index in [0.29, 0.717) is 16.7 Å². The molecule has 5 heteroatoms. The minimum Gasteiger partial charge on any atom is -0.505 e. The van der Waals surface area contributed by atoms with Gasteiger partial charge >= 0.3 is 5.91 Å². The Hall–Kier alpha value is -2.94. The van der Waals surface area contributed by atoms with Gasteiger partial charge in [0, 0.05) is 12.0 Å². The number of aliphatic hydroxyl groups is 2. The van der Waals surface area contributed by atoms with Crippen molar-refractivity contribution in [1.82, 2.24) is 0 Å². The first-order valence-corrected chi connectivity index (χ1v) is 8.52. The van der Waals surface area contributed by atoms with Crippen LogP contribution in [0.5, 0.6) is 0 Å². The van der Waals surface area contributed by atoms with Crippen LogP contribution in [-0.2, 0) is 10.3 Å². The quantitative estimate of drug-likeness (QED) is 0.818. The van der Waals surface area contributed by atoms with Gasteiger partial charge < -0.3 is 10.2 Å². The topological polar surface area (TPSA) is 81.3 Å². The lowest BCUT2D eigenvalue weighted by Crippen LogP contribution is -2.56. The van der Waals surface area contributed by atoms with Crippen LogP contribution in [0.2, 0.25) is 0 Å².